The topological polar surface area (TPSA) is 26.0 Å². The maximum Gasteiger partial charge on any atom is 0.0154 e. The second-order valence-electron chi connectivity index (χ2n) is 7.13. The molecule has 0 aromatic carbocycles. The second kappa shape index (κ2) is 5.53. The first kappa shape index (κ1) is 14.0. The normalized spacial score (nSPS) is 32.4. The van der Waals surface area contributed by atoms with Crippen LogP contribution in [0.2, 0.25) is 0 Å². The average Bonchev–Trinajstić information content (AvgIpc) is 2.37. The molecule has 0 spiro atoms. The van der Waals surface area contributed by atoms with Crippen molar-refractivity contribution in [2.75, 3.05) is 0 Å². The summed E-state index contributed by atoms with van der Waals surface area (Å²) in [4.78, 5) is 0. The first-order valence-corrected chi connectivity index (χ1v) is 7.13. The minimum atomic E-state index is 0.150. The fourth-order valence-electron chi connectivity index (χ4n) is 2.79. The zero-order chi connectivity index (χ0) is 12.2. The summed E-state index contributed by atoms with van der Waals surface area (Å²) in [5, 5.41) is 0. The molecule has 2 atom stereocenters. The van der Waals surface area contributed by atoms with Gasteiger partial charge in [0.2, 0.25) is 0 Å². The molecule has 1 nitrogen and oxygen atoms in total. The molecule has 0 aromatic rings. The van der Waals surface area contributed by atoms with Crippen LogP contribution in [0.15, 0.2) is 0 Å². The molecule has 0 amide bonds. The van der Waals surface area contributed by atoms with Crippen LogP contribution in [0, 0.1) is 11.3 Å². The van der Waals surface area contributed by atoms with E-state index in [0.717, 1.165) is 5.92 Å². The first-order chi connectivity index (χ1) is 7.35. The first-order valence-electron chi connectivity index (χ1n) is 7.13. The van der Waals surface area contributed by atoms with E-state index in [1.165, 1.54) is 51.4 Å². The second-order valence-corrected chi connectivity index (χ2v) is 7.13. The van der Waals surface area contributed by atoms with E-state index in [2.05, 4.69) is 27.7 Å². The van der Waals surface area contributed by atoms with Gasteiger partial charge in [-0.2, -0.15) is 0 Å². The number of nitrogens with two attached hydrogens (primary N) is 1. The van der Waals surface area contributed by atoms with Gasteiger partial charge < -0.3 is 5.73 Å². The predicted octanol–water partition coefficient (Wildman–Crippen LogP) is 4.50. The van der Waals surface area contributed by atoms with Crippen molar-refractivity contribution in [2.45, 2.75) is 84.6 Å². The van der Waals surface area contributed by atoms with E-state index in [-0.39, 0.29) is 5.54 Å². The number of hydrogen-bond acceptors (Lipinski definition) is 1. The summed E-state index contributed by atoms with van der Waals surface area (Å²) in [6.07, 6.45) is 10.4. The summed E-state index contributed by atoms with van der Waals surface area (Å²) in [5.41, 5.74) is 7.17. The van der Waals surface area contributed by atoms with Gasteiger partial charge in [-0.05, 0) is 43.4 Å². The fourth-order valence-corrected chi connectivity index (χ4v) is 2.79. The standard InChI is InChI=1S/C15H31N/c1-5-13-7-6-9-15(16,10-8-13)12-11-14(2,3)4/h13H,5-12,16H2,1-4H3. The van der Waals surface area contributed by atoms with Gasteiger partial charge in [0.25, 0.3) is 0 Å². The Morgan fingerprint density at radius 1 is 1.19 bits per heavy atom. The molecule has 1 aliphatic rings. The molecule has 1 rings (SSSR count). The lowest BCUT2D eigenvalue weighted by atomic mass is 9.80. The lowest BCUT2D eigenvalue weighted by molar-refractivity contribution is 0.266. The van der Waals surface area contributed by atoms with Gasteiger partial charge in [0.05, 0.1) is 0 Å². The molecule has 16 heavy (non-hydrogen) atoms. The van der Waals surface area contributed by atoms with E-state index in [9.17, 15) is 0 Å². The molecule has 0 bridgehead atoms. The zero-order valence-corrected chi connectivity index (χ0v) is 11.8. The van der Waals surface area contributed by atoms with Crippen molar-refractivity contribution in [1.82, 2.24) is 0 Å². The summed E-state index contributed by atoms with van der Waals surface area (Å²) in [6.45, 7) is 9.29. The van der Waals surface area contributed by atoms with Crippen LogP contribution in [-0.2, 0) is 0 Å². The Morgan fingerprint density at radius 3 is 2.44 bits per heavy atom. The van der Waals surface area contributed by atoms with Crippen molar-refractivity contribution in [1.29, 1.82) is 0 Å². The van der Waals surface area contributed by atoms with E-state index in [1.807, 2.05) is 0 Å². The third-order valence-corrected chi connectivity index (χ3v) is 4.29. The Bertz CT molecular complexity index is 204. The van der Waals surface area contributed by atoms with Gasteiger partial charge in [-0.25, -0.2) is 0 Å². The van der Waals surface area contributed by atoms with Crippen LogP contribution in [0.3, 0.4) is 0 Å². The van der Waals surface area contributed by atoms with Crippen LogP contribution in [-0.4, -0.2) is 5.54 Å². The van der Waals surface area contributed by atoms with E-state index in [1.54, 1.807) is 0 Å². The van der Waals surface area contributed by atoms with Gasteiger partial charge >= 0.3 is 0 Å². The van der Waals surface area contributed by atoms with Crippen LogP contribution in [0.25, 0.3) is 0 Å². The van der Waals surface area contributed by atoms with Crippen LogP contribution in [0.1, 0.15) is 79.1 Å². The molecule has 0 aromatic heterocycles. The van der Waals surface area contributed by atoms with Gasteiger partial charge in [-0.15, -0.1) is 0 Å². The molecule has 0 saturated heterocycles. The van der Waals surface area contributed by atoms with Crippen molar-refractivity contribution < 1.29 is 0 Å². The van der Waals surface area contributed by atoms with E-state index < -0.39 is 0 Å². The minimum absolute atomic E-state index is 0.150. The van der Waals surface area contributed by atoms with Crippen molar-refractivity contribution in [3.63, 3.8) is 0 Å². The Morgan fingerprint density at radius 2 is 1.88 bits per heavy atom. The van der Waals surface area contributed by atoms with Gasteiger partial charge in [-0.1, -0.05) is 47.0 Å². The highest BCUT2D eigenvalue weighted by molar-refractivity contribution is 4.88. The van der Waals surface area contributed by atoms with Gasteiger partial charge in [-0.3, -0.25) is 0 Å². The van der Waals surface area contributed by atoms with Crippen molar-refractivity contribution in [3.05, 3.63) is 0 Å². The highest BCUT2D eigenvalue weighted by atomic mass is 14.7. The lowest BCUT2D eigenvalue weighted by Crippen LogP contribution is -2.40. The van der Waals surface area contributed by atoms with Crippen molar-refractivity contribution >= 4 is 0 Å². The van der Waals surface area contributed by atoms with Gasteiger partial charge in [0, 0.05) is 5.54 Å². The molecule has 2 N–H and O–H groups in total. The third kappa shape index (κ3) is 4.86. The summed E-state index contributed by atoms with van der Waals surface area (Å²) >= 11 is 0. The van der Waals surface area contributed by atoms with E-state index in [4.69, 9.17) is 5.73 Å². The molecule has 0 aliphatic heterocycles. The monoisotopic (exact) mass is 225 g/mol. The highest BCUT2D eigenvalue weighted by Gasteiger charge is 2.29. The quantitative estimate of drug-likeness (QED) is 0.703. The maximum atomic E-state index is 6.58. The van der Waals surface area contributed by atoms with Crippen LogP contribution in [0.5, 0.6) is 0 Å². The minimum Gasteiger partial charge on any atom is -0.325 e. The molecule has 1 aliphatic carbocycles. The Labute approximate surface area is 102 Å². The Balaban J connectivity index is 2.44. The van der Waals surface area contributed by atoms with Crippen molar-refractivity contribution in [3.8, 4) is 0 Å². The SMILES string of the molecule is CCC1CCCC(N)(CCC(C)(C)C)CC1. The molecular formula is C15H31N. The molecule has 1 heteroatoms. The number of hydrogen-bond donors (Lipinski definition) is 1. The average molecular weight is 225 g/mol. The zero-order valence-electron chi connectivity index (χ0n) is 11.8. The maximum absolute atomic E-state index is 6.58. The lowest BCUT2D eigenvalue weighted by Gasteiger charge is -2.31. The third-order valence-electron chi connectivity index (χ3n) is 4.29. The molecule has 2 unspecified atom stereocenters. The largest absolute Gasteiger partial charge is 0.325 e. The molecule has 1 saturated carbocycles. The van der Waals surface area contributed by atoms with Gasteiger partial charge in [0.15, 0.2) is 0 Å². The van der Waals surface area contributed by atoms with Crippen LogP contribution in [0.4, 0.5) is 0 Å². The summed E-state index contributed by atoms with van der Waals surface area (Å²) < 4.78 is 0. The molecule has 1 fully saturated rings. The highest BCUT2D eigenvalue weighted by Crippen LogP contribution is 2.35. The molecule has 0 heterocycles. The molecule has 0 radical (unpaired) electrons. The van der Waals surface area contributed by atoms with E-state index in [0.29, 0.717) is 5.41 Å². The van der Waals surface area contributed by atoms with Crippen LogP contribution < -0.4 is 5.73 Å². The molecule has 96 valence electrons. The predicted molar refractivity (Wildman–Crippen MR) is 72.5 cm³/mol. The molecular weight excluding hydrogens is 194 g/mol. The van der Waals surface area contributed by atoms with E-state index >= 15 is 0 Å². The van der Waals surface area contributed by atoms with Crippen molar-refractivity contribution in [2.24, 2.45) is 17.1 Å². The summed E-state index contributed by atoms with van der Waals surface area (Å²) in [6, 6.07) is 0. The smallest absolute Gasteiger partial charge is 0.0154 e. The Hall–Kier alpha value is -0.0400. The summed E-state index contributed by atoms with van der Waals surface area (Å²) in [5.74, 6) is 0.945. The van der Waals surface area contributed by atoms with Gasteiger partial charge in [0.1, 0.15) is 0 Å². The fraction of sp³-hybridized carbons (Fsp3) is 1.00. The van der Waals surface area contributed by atoms with Crippen LogP contribution >= 0.6 is 0 Å². The Kier molecular flexibility index (Phi) is 4.85. The number of rotatable bonds is 3. The summed E-state index contributed by atoms with van der Waals surface area (Å²) in [7, 11) is 0.